The summed E-state index contributed by atoms with van der Waals surface area (Å²) in [6, 6.07) is 11.4. The summed E-state index contributed by atoms with van der Waals surface area (Å²) in [7, 11) is 0. The number of rotatable bonds is 3. The van der Waals surface area contributed by atoms with Gasteiger partial charge in [0.15, 0.2) is 0 Å². The van der Waals surface area contributed by atoms with Gasteiger partial charge < -0.3 is 5.32 Å². The molecule has 3 aromatic rings. The Bertz CT molecular complexity index is 1000. The number of hydrogen-bond acceptors (Lipinski definition) is 3. The van der Waals surface area contributed by atoms with Crippen molar-refractivity contribution in [1.82, 2.24) is 9.78 Å². The second-order valence-corrected chi connectivity index (χ2v) is 6.18. The van der Waals surface area contributed by atoms with E-state index in [-0.39, 0.29) is 17.8 Å². The van der Waals surface area contributed by atoms with Gasteiger partial charge in [0.2, 0.25) is 5.91 Å². The Morgan fingerprint density at radius 2 is 1.96 bits per heavy atom. The molecular weight excluding hydrogens is 377 g/mol. The SMILES string of the molecule is Cc1nn(CC(=O)Nc2ccc(Br)cc2F)c(=O)c2ccccc12. The highest BCUT2D eigenvalue weighted by Gasteiger charge is 2.12. The third-order valence-corrected chi connectivity index (χ3v) is 4.04. The fraction of sp³-hybridized carbons (Fsp3) is 0.118. The van der Waals surface area contributed by atoms with Crippen LogP contribution >= 0.6 is 15.9 Å². The van der Waals surface area contributed by atoms with E-state index in [1.807, 2.05) is 6.07 Å². The zero-order chi connectivity index (χ0) is 17.3. The monoisotopic (exact) mass is 389 g/mol. The van der Waals surface area contributed by atoms with E-state index in [0.29, 0.717) is 15.6 Å². The molecule has 3 rings (SSSR count). The standard InChI is InChI=1S/C17H13BrFN3O2/c1-10-12-4-2-3-5-13(12)17(24)22(21-10)9-16(23)20-15-7-6-11(18)8-14(15)19/h2-8H,9H2,1H3,(H,20,23). The number of fused-ring (bicyclic) bond motifs is 1. The van der Waals surface area contributed by atoms with Gasteiger partial charge in [0.05, 0.1) is 16.8 Å². The summed E-state index contributed by atoms with van der Waals surface area (Å²) in [4.78, 5) is 24.5. The lowest BCUT2D eigenvalue weighted by Gasteiger charge is -2.10. The van der Waals surface area contributed by atoms with E-state index >= 15 is 0 Å². The van der Waals surface area contributed by atoms with Crippen LogP contribution in [-0.2, 0) is 11.3 Å². The van der Waals surface area contributed by atoms with Gasteiger partial charge in [0.25, 0.3) is 5.56 Å². The molecule has 0 spiro atoms. The number of carbonyl (C=O) groups is 1. The summed E-state index contributed by atoms with van der Waals surface area (Å²) in [6.45, 7) is 1.48. The first-order chi connectivity index (χ1) is 11.5. The van der Waals surface area contributed by atoms with Crippen molar-refractivity contribution >= 4 is 38.3 Å². The van der Waals surface area contributed by atoms with Crippen LogP contribution in [0, 0.1) is 12.7 Å². The predicted octanol–water partition coefficient (Wildman–Crippen LogP) is 3.25. The van der Waals surface area contributed by atoms with Crippen LogP contribution < -0.4 is 10.9 Å². The maximum Gasteiger partial charge on any atom is 0.275 e. The van der Waals surface area contributed by atoms with Crippen molar-refractivity contribution in [2.75, 3.05) is 5.32 Å². The molecule has 0 bridgehead atoms. The largest absolute Gasteiger partial charge is 0.322 e. The Morgan fingerprint density at radius 3 is 2.67 bits per heavy atom. The Morgan fingerprint density at radius 1 is 1.25 bits per heavy atom. The number of hydrogen-bond donors (Lipinski definition) is 1. The lowest BCUT2D eigenvalue weighted by molar-refractivity contribution is -0.117. The molecule has 0 aliphatic rings. The second kappa shape index (κ2) is 6.52. The summed E-state index contributed by atoms with van der Waals surface area (Å²) in [5.41, 5.74) is 0.337. The van der Waals surface area contributed by atoms with Crippen LogP contribution in [0.15, 0.2) is 51.7 Å². The zero-order valence-electron chi connectivity index (χ0n) is 12.7. The molecule has 7 heteroatoms. The Kier molecular flexibility index (Phi) is 4.44. The molecule has 0 saturated carbocycles. The third-order valence-electron chi connectivity index (χ3n) is 3.55. The summed E-state index contributed by atoms with van der Waals surface area (Å²) in [5, 5.41) is 7.85. The number of halogens is 2. The summed E-state index contributed by atoms with van der Waals surface area (Å²) in [6.07, 6.45) is 0. The summed E-state index contributed by atoms with van der Waals surface area (Å²) >= 11 is 3.15. The topological polar surface area (TPSA) is 64.0 Å². The van der Waals surface area contributed by atoms with Crippen LogP contribution in [0.1, 0.15) is 5.69 Å². The van der Waals surface area contributed by atoms with Crippen LogP contribution in [0.4, 0.5) is 10.1 Å². The smallest absolute Gasteiger partial charge is 0.275 e. The number of nitrogens with one attached hydrogen (secondary N) is 1. The lowest BCUT2D eigenvalue weighted by Crippen LogP contribution is -2.30. The third kappa shape index (κ3) is 3.21. The van der Waals surface area contributed by atoms with Gasteiger partial charge in [-0.05, 0) is 31.2 Å². The minimum Gasteiger partial charge on any atom is -0.322 e. The molecule has 0 aliphatic carbocycles. The lowest BCUT2D eigenvalue weighted by atomic mass is 10.1. The van der Waals surface area contributed by atoms with Crippen LogP contribution in [0.2, 0.25) is 0 Å². The summed E-state index contributed by atoms with van der Waals surface area (Å²) in [5.74, 6) is -1.09. The van der Waals surface area contributed by atoms with Crippen molar-refractivity contribution in [3.63, 3.8) is 0 Å². The zero-order valence-corrected chi connectivity index (χ0v) is 14.3. The number of anilines is 1. The van der Waals surface area contributed by atoms with E-state index in [9.17, 15) is 14.0 Å². The van der Waals surface area contributed by atoms with E-state index in [1.165, 1.54) is 12.1 Å². The van der Waals surface area contributed by atoms with Gasteiger partial charge >= 0.3 is 0 Å². The van der Waals surface area contributed by atoms with Gasteiger partial charge in [-0.1, -0.05) is 34.1 Å². The molecule has 1 N–H and O–H groups in total. The number of carbonyl (C=O) groups excluding carboxylic acids is 1. The quantitative estimate of drug-likeness (QED) is 0.747. The number of aryl methyl sites for hydroxylation is 1. The van der Waals surface area contributed by atoms with Crippen molar-refractivity contribution in [1.29, 1.82) is 0 Å². The minimum atomic E-state index is -0.562. The highest BCUT2D eigenvalue weighted by molar-refractivity contribution is 9.10. The van der Waals surface area contributed by atoms with Gasteiger partial charge in [-0.25, -0.2) is 9.07 Å². The average molecular weight is 390 g/mol. The highest BCUT2D eigenvalue weighted by Crippen LogP contribution is 2.19. The van der Waals surface area contributed by atoms with Gasteiger partial charge in [0, 0.05) is 9.86 Å². The molecule has 0 unspecified atom stereocenters. The van der Waals surface area contributed by atoms with Crippen LogP contribution in [-0.4, -0.2) is 15.7 Å². The molecular formula is C17H13BrFN3O2. The fourth-order valence-corrected chi connectivity index (χ4v) is 2.76. The number of amides is 1. The second-order valence-electron chi connectivity index (χ2n) is 5.27. The maximum absolute atomic E-state index is 13.8. The van der Waals surface area contributed by atoms with E-state index < -0.39 is 11.7 Å². The van der Waals surface area contributed by atoms with Crippen LogP contribution in [0.5, 0.6) is 0 Å². The van der Waals surface area contributed by atoms with E-state index in [4.69, 9.17) is 0 Å². The molecule has 0 saturated heterocycles. The first-order valence-corrected chi connectivity index (χ1v) is 7.96. The molecule has 122 valence electrons. The van der Waals surface area contributed by atoms with Crippen molar-refractivity contribution in [2.24, 2.45) is 0 Å². The van der Waals surface area contributed by atoms with Crippen LogP contribution in [0.25, 0.3) is 10.8 Å². The molecule has 1 heterocycles. The predicted molar refractivity (Wildman–Crippen MR) is 93.5 cm³/mol. The Balaban J connectivity index is 1.88. The molecule has 0 atom stereocenters. The van der Waals surface area contributed by atoms with E-state index in [1.54, 1.807) is 31.2 Å². The Hall–Kier alpha value is -2.54. The van der Waals surface area contributed by atoms with Crippen LogP contribution in [0.3, 0.4) is 0 Å². The number of aromatic nitrogens is 2. The first-order valence-electron chi connectivity index (χ1n) is 7.17. The van der Waals surface area contributed by atoms with Crippen molar-refractivity contribution in [2.45, 2.75) is 13.5 Å². The van der Waals surface area contributed by atoms with E-state index in [0.717, 1.165) is 10.1 Å². The number of benzene rings is 2. The fourth-order valence-electron chi connectivity index (χ4n) is 2.43. The molecule has 5 nitrogen and oxygen atoms in total. The Labute approximate surface area is 145 Å². The molecule has 2 aromatic carbocycles. The van der Waals surface area contributed by atoms with Crippen molar-refractivity contribution in [3.8, 4) is 0 Å². The molecule has 24 heavy (non-hydrogen) atoms. The van der Waals surface area contributed by atoms with Crippen molar-refractivity contribution < 1.29 is 9.18 Å². The van der Waals surface area contributed by atoms with Crippen molar-refractivity contribution in [3.05, 3.63) is 68.8 Å². The molecule has 0 fully saturated rings. The average Bonchev–Trinajstić information content (AvgIpc) is 2.55. The number of nitrogens with zero attached hydrogens (tertiary/aromatic N) is 2. The molecule has 0 radical (unpaired) electrons. The van der Waals surface area contributed by atoms with Gasteiger partial charge in [-0.3, -0.25) is 9.59 Å². The van der Waals surface area contributed by atoms with E-state index in [2.05, 4.69) is 26.3 Å². The maximum atomic E-state index is 13.8. The normalized spacial score (nSPS) is 10.8. The summed E-state index contributed by atoms with van der Waals surface area (Å²) < 4.78 is 15.4. The molecule has 0 aliphatic heterocycles. The van der Waals surface area contributed by atoms with Gasteiger partial charge in [0.1, 0.15) is 12.4 Å². The van der Waals surface area contributed by atoms with Gasteiger partial charge in [-0.15, -0.1) is 0 Å². The highest BCUT2D eigenvalue weighted by atomic mass is 79.9. The minimum absolute atomic E-state index is 0.0498. The van der Waals surface area contributed by atoms with Gasteiger partial charge in [-0.2, -0.15) is 5.10 Å². The molecule has 1 amide bonds. The first kappa shape index (κ1) is 16.3. The molecule has 1 aromatic heterocycles.